The monoisotopic (exact) mass is 409 g/mol. The van der Waals surface area contributed by atoms with Crippen LogP contribution >= 0.6 is 54.8 Å². The first-order chi connectivity index (χ1) is 7.95. The van der Waals surface area contributed by atoms with E-state index in [9.17, 15) is 13.6 Å². The maximum Gasteiger partial charge on any atom is 0.264 e. The van der Waals surface area contributed by atoms with Gasteiger partial charge in [0, 0.05) is 16.9 Å². The Hall–Kier alpha value is 0.280. The van der Waals surface area contributed by atoms with Gasteiger partial charge in [-0.1, -0.05) is 0 Å². The smallest absolute Gasteiger partial charge is 0.264 e. The van der Waals surface area contributed by atoms with Crippen molar-refractivity contribution in [3.05, 3.63) is 19.2 Å². The van der Waals surface area contributed by atoms with Gasteiger partial charge in [-0.2, -0.15) is 0 Å². The van der Waals surface area contributed by atoms with E-state index >= 15 is 0 Å². The molecule has 0 N–H and O–H groups in total. The van der Waals surface area contributed by atoms with E-state index in [4.69, 9.17) is 11.6 Å². The molecule has 0 aliphatic carbocycles. The third-order valence-corrected chi connectivity index (χ3v) is 5.27. The van der Waals surface area contributed by atoms with Crippen LogP contribution in [0.2, 0.25) is 0 Å². The maximum atomic E-state index is 12.3. The second-order valence-electron chi connectivity index (χ2n) is 3.06. The largest absolute Gasteiger partial charge is 0.331 e. The predicted octanol–water partition coefficient (Wildman–Crippen LogP) is 4.22. The zero-order valence-corrected chi connectivity index (χ0v) is 13.2. The molecule has 17 heavy (non-hydrogen) atoms. The minimum atomic E-state index is -2.56. The standard InChI is InChI=1S/C9H8Br2ClF2NOS/c10-5-3-6(17-8(5)11)9(16)15(2-1-12)4-7(13)14/h3,7H,1-2,4H2. The molecule has 0 spiro atoms. The predicted molar refractivity (Wildman–Crippen MR) is 72.3 cm³/mol. The van der Waals surface area contributed by atoms with Crippen LogP contribution in [0.3, 0.4) is 0 Å². The average molecular weight is 411 g/mol. The molecule has 1 aromatic heterocycles. The highest BCUT2D eigenvalue weighted by Crippen LogP contribution is 2.33. The molecule has 2 nitrogen and oxygen atoms in total. The van der Waals surface area contributed by atoms with E-state index in [0.717, 1.165) is 13.2 Å². The molecule has 1 heterocycles. The summed E-state index contributed by atoms with van der Waals surface area (Å²) in [5.41, 5.74) is 0. The number of hydrogen-bond donors (Lipinski definition) is 0. The summed E-state index contributed by atoms with van der Waals surface area (Å²) in [6.07, 6.45) is -2.56. The van der Waals surface area contributed by atoms with Crippen molar-refractivity contribution in [2.45, 2.75) is 6.43 Å². The van der Waals surface area contributed by atoms with Crippen LogP contribution < -0.4 is 0 Å². The number of nitrogens with zero attached hydrogens (tertiary/aromatic N) is 1. The Labute approximate surface area is 123 Å². The number of carbonyl (C=O) groups is 1. The van der Waals surface area contributed by atoms with Crippen LogP contribution in [0.15, 0.2) is 14.3 Å². The Morgan fingerprint density at radius 3 is 2.59 bits per heavy atom. The molecule has 1 rings (SSSR count). The molecule has 0 aliphatic heterocycles. The van der Waals surface area contributed by atoms with Crippen LogP contribution in [0, 0.1) is 0 Å². The van der Waals surface area contributed by atoms with Crippen molar-refractivity contribution < 1.29 is 13.6 Å². The lowest BCUT2D eigenvalue weighted by atomic mass is 10.4. The van der Waals surface area contributed by atoms with Crippen molar-refractivity contribution in [3.63, 3.8) is 0 Å². The van der Waals surface area contributed by atoms with E-state index in [1.165, 1.54) is 11.3 Å². The molecule has 96 valence electrons. The fourth-order valence-electron chi connectivity index (χ4n) is 1.15. The third-order valence-electron chi connectivity index (χ3n) is 1.86. The van der Waals surface area contributed by atoms with Gasteiger partial charge in [0.05, 0.1) is 15.2 Å². The number of hydrogen-bond acceptors (Lipinski definition) is 2. The third kappa shape index (κ3) is 4.46. The topological polar surface area (TPSA) is 20.3 Å². The lowest BCUT2D eigenvalue weighted by Gasteiger charge is -2.20. The van der Waals surface area contributed by atoms with E-state index in [-0.39, 0.29) is 12.4 Å². The summed E-state index contributed by atoms with van der Waals surface area (Å²) in [6, 6.07) is 1.60. The number of halogens is 5. The molecule has 1 aromatic rings. The second kappa shape index (κ2) is 7.01. The highest BCUT2D eigenvalue weighted by atomic mass is 79.9. The Balaban J connectivity index is 2.83. The van der Waals surface area contributed by atoms with Crippen LogP contribution in [0.5, 0.6) is 0 Å². The van der Waals surface area contributed by atoms with Gasteiger partial charge < -0.3 is 4.90 Å². The van der Waals surface area contributed by atoms with Crippen LogP contribution in [-0.2, 0) is 0 Å². The molecule has 0 aromatic carbocycles. The summed E-state index contributed by atoms with van der Waals surface area (Å²) in [7, 11) is 0. The highest BCUT2D eigenvalue weighted by Gasteiger charge is 2.21. The first kappa shape index (κ1) is 15.3. The van der Waals surface area contributed by atoms with Crippen LogP contribution in [0.1, 0.15) is 9.67 Å². The van der Waals surface area contributed by atoms with Crippen molar-refractivity contribution in [3.8, 4) is 0 Å². The van der Waals surface area contributed by atoms with Crippen molar-refractivity contribution in [1.82, 2.24) is 4.90 Å². The van der Waals surface area contributed by atoms with Gasteiger partial charge in [-0.15, -0.1) is 22.9 Å². The molecule has 0 unspecified atom stereocenters. The Morgan fingerprint density at radius 2 is 2.18 bits per heavy atom. The van der Waals surface area contributed by atoms with Gasteiger partial charge in [-0.3, -0.25) is 4.79 Å². The molecule has 8 heteroatoms. The van der Waals surface area contributed by atoms with E-state index in [1.54, 1.807) is 6.07 Å². The Kier molecular flexibility index (Phi) is 6.33. The number of amides is 1. The van der Waals surface area contributed by atoms with Gasteiger partial charge in [-0.25, -0.2) is 8.78 Å². The van der Waals surface area contributed by atoms with Crippen LogP contribution in [-0.4, -0.2) is 36.2 Å². The average Bonchev–Trinajstić information content (AvgIpc) is 2.57. The van der Waals surface area contributed by atoms with Gasteiger partial charge in [-0.05, 0) is 37.9 Å². The summed E-state index contributed by atoms with van der Waals surface area (Å²) in [5, 5.41) is 0. The molecular weight excluding hydrogens is 403 g/mol. The van der Waals surface area contributed by atoms with Crippen LogP contribution in [0.25, 0.3) is 0 Å². The van der Waals surface area contributed by atoms with Crippen LogP contribution in [0.4, 0.5) is 8.78 Å². The molecule has 0 saturated heterocycles. The van der Waals surface area contributed by atoms with Gasteiger partial charge in [0.1, 0.15) is 0 Å². The fraction of sp³-hybridized carbons (Fsp3) is 0.444. The first-order valence-corrected chi connectivity index (χ1v) is 7.47. The highest BCUT2D eigenvalue weighted by molar-refractivity contribution is 9.13. The SMILES string of the molecule is O=C(c1cc(Br)c(Br)s1)N(CCCl)CC(F)F. The molecule has 1 amide bonds. The van der Waals surface area contributed by atoms with Crippen molar-refractivity contribution >= 4 is 60.7 Å². The molecule has 0 aliphatic rings. The van der Waals surface area contributed by atoms with Gasteiger partial charge in [0.2, 0.25) is 0 Å². The zero-order valence-electron chi connectivity index (χ0n) is 8.43. The minimum Gasteiger partial charge on any atom is -0.331 e. The fourth-order valence-corrected chi connectivity index (χ4v) is 3.36. The summed E-state index contributed by atoms with van der Waals surface area (Å²) in [4.78, 5) is 13.4. The minimum absolute atomic E-state index is 0.109. The summed E-state index contributed by atoms with van der Waals surface area (Å²) < 4.78 is 26.1. The first-order valence-electron chi connectivity index (χ1n) is 4.54. The Bertz CT molecular complexity index is 383. The molecular formula is C9H8Br2ClF2NOS. The molecule has 0 saturated carbocycles. The quantitative estimate of drug-likeness (QED) is 0.665. The lowest BCUT2D eigenvalue weighted by Crippen LogP contribution is -2.36. The number of rotatable bonds is 5. The normalized spacial score (nSPS) is 10.9. The number of carbonyl (C=O) groups excluding carboxylic acids is 1. The summed E-state index contributed by atoms with van der Waals surface area (Å²) in [5.74, 6) is -0.297. The van der Waals surface area contributed by atoms with Gasteiger partial charge >= 0.3 is 0 Å². The van der Waals surface area contributed by atoms with Crippen molar-refractivity contribution in [2.75, 3.05) is 19.0 Å². The maximum absolute atomic E-state index is 12.3. The van der Waals surface area contributed by atoms with Crippen molar-refractivity contribution in [1.29, 1.82) is 0 Å². The van der Waals surface area contributed by atoms with E-state index < -0.39 is 18.9 Å². The molecule has 0 fully saturated rings. The second-order valence-corrected chi connectivity index (χ2v) is 6.67. The van der Waals surface area contributed by atoms with Gasteiger partial charge in [0.15, 0.2) is 0 Å². The summed E-state index contributed by atoms with van der Waals surface area (Å²) in [6.45, 7) is -0.490. The van der Waals surface area contributed by atoms with Crippen molar-refractivity contribution in [2.24, 2.45) is 0 Å². The van der Waals surface area contributed by atoms with E-state index in [0.29, 0.717) is 4.88 Å². The summed E-state index contributed by atoms with van der Waals surface area (Å²) >= 11 is 13.2. The van der Waals surface area contributed by atoms with E-state index in [2.05, 4.69) is 31.9 Å². The van der Waals surface area contributed by atoms with Gasteiger partial charge in [0.25, 0.3) is 12.3 Å². The number of alkyl halides is 3. The lowest BCUT2D eigenvalue weighted by molar-refractivity contribution is 0.0575. The molecule has 0 atom stereocenters. The molecule has 0 bridgehead atoms. The molecule has 0 radical (unpaired) electrons. The zero-order chi connectivity index (χ0) is 13.0. The van der Waals surface area contributed by atoms with E-state index in [1.807, 2.05) is 0 Å². The number of thiophene rings is 1. The Morgan fingerprint density at radius 1 is 1.53 bits per heavy atom.